The van der Waals surface area contributed by atoms with Gasteiger partial charge in [-0.1, -0.05) is 36.2 Å². The van der Waals surface area contributed by atoms with Crippen LogP contribution in [0, 0.1) is 0 Å². The first kappa shape index (κ1) is 25.9. The van der Waals surface area contributed by atoms with Crippen molar-refractivity contribution in [2.75, 3.05) is 26.2 Å². The molecule has 9 heteroatoms. The summed E-state index contributed by atoms with van der Waals surface area (Å²) in [6.45, 7) is 4.08. The molecular formula is C28H29ClF3N3O2. The monoisotopic (exact) mass is 531 g/mol. The Morgan fingerprint density at radius 3 is 2.41 bits per heavy atom. The van der Waals surface area contributed by atoms with E-state index in [0.717, 1.165) is 51.2 Å². The molecule has 0 aliphatic carbocycles. The Kier molecular flexibility index (Phi) is 7.43. The highest BCUT2D eigenvalue weighted by Crippen LogP contribution is 2.37. The Morgan fingerprint density at radius 2 is 1.73 bits per heavy atom. The molecule has 0 atom stereocenters. The summed E-state index contributed by atoms with van der Waals surface area (Å²) >= 11 is 6.44. The first-order chi connectivity index (χ1) is 17.7. The van der Waals surface area contributed by atoms with Crippen LogP contribution < -0.4 is 0 Å². The van der Waals surface area contributed by atoms with Crippen LogP contribution >= 0.6 is 11.6 Å². The highest BCUT2D eigenvalue weighted by Gasteiger charge is 2.32. The minimum absolute atomic E-state index is 0.00108. The van der Waals surface area contributed by atoms with Gasteiger partial charge < -0.3 is 10.0 Å². The zero-order valence-electron chi connectivity index (χ0n) is 20.4. The zero-order chi connectivity index (χ0) is 26.2. The topological polar surface area (TPSA) is 56.7 Å². The standard InChI is InChI=1S/C28H29ClF3N3O2/c29-22-8-5-9-23-25(22)24(27(36)37)21(26(33-23)18-6-4-7-19(16-18)28(30,31)32)17-34-14-10-20(11-15-34)35-12-2-1-3-13-35/h4-9,16,20H,1-3,10-15,17H2,(H,36,37). The molecule has 0 amide bonds. The van der Waals surface area contributed by atoms with Gasteiger partial charge in [-0.25, -0.2) is 9.78 Å². The van der Waals surface area contributed by atoms with Gasteiger partial charge in [-0.3, -0.25) is 4.90 Å². The second kappa shape index (κ2) is 10.6. The number of benzene rings is 2. The van der Waals surface area contributed by atoms with Gasteiger partial charge in [0.25, 0.3) is 0 Å². The summed E-state index contributed by atoms with van der Waals surface area (Å²) in [4.78, 5) is 22.0. The van der Waals surface area contributed by atoms with Crippen LogP contribution in [0.25, 0.3) is 22.2 Å². The molecule has 2 fully saturated rings. The van der Waals surface area contributed by atoms with E-state index in [9.17, 15) is 23.1 Å². The van der Waals surface area contributed by atoms with Crippen molar-refractivity contribution >= 4 is 28.5 Å². The minimum Gasteiger partial charge on any atom is -0.478 e. The lowest BCUT2D eigenvalue weighted by Gasteiger charge is -2.40. The molecule has 0 spiro atoms. The summed E-state index contributed by atoms with van der Waals surface area (Å²) in [5.74, 6) is -1.17. The molecule has 1 N–H and O–H groups in total. The number of carbonyl (C=O) groups is 1. The third kappa shape index (κ3) is 5.47. The van der Waals surface area contributed by atoms with Gasteiger partial charge in [-0.05, 0) is 76.1 Å². The molecule has 0 unspecified atom stereocenters. The first-order valence-corrected chi connectivity index (χ1v) is 13.1. The Morgan fingerprint density at radius 1 is 1.03 bits per heavy atom. The van der Waals surface area contributed by atoms with Gasteiger partial charge in [0.05, 0.1) is 27.4 Å². The summed E-state index contributed by atoms with van der Waals surface area (Å²) in [7, 11) is 0. The molecule has 2 aliphatic rings. The molecule has 0 saturated carbocycles. The number of alkyl halides is 3. The second-order valence-corrected chi connectivity index (χ2v) is 10.3. The summed E-state index contributed by atoms with van der Waals surface area (Å²) in [5, 5.41) is 10.9. The van der Waals surface area contributed by atoms with Gasteiger partial charge in [0.2, 0.25) is 0 Å². The highest BCUT2D eigenvalue weighted by molar-refractivity contribution is 6.36. The first-order valence-electron chi connectivity index (χ1n) is 12.7. The van der Waals surface area contributed by atoms with Crippen molar-refractivity contribution in [1.29, 1.82) is 0 Å². The van der Waals surface area contributed by atoms with Crippen LogP contribution in [-0.4, -0.2) is 58.1 Å². The van der Waals surface area contributed by atoms with E-state index < -0.39 is 17.7 Å². The average Bonchev–Trinajstić information content (AvgIpc) is 2.89. The number of aromatic nitrogens is 1. The van der Waals surface area contributed by atoms with E-state index in [4.69, 9.17) is 11.6 Å². The van der Waals surface area contributed by atoms with E-state index in [1.54, 1.807) is 24.3 Å². The number of likely N-dealkylation sites (tertiary alicyclic amines) is 2. The van der Waals surface area contributed by atoms with Crippen LogP contribution in [-0.2, 0) is 12.7 Å². The molecule has 2 aliphatic heterocycles. The minimum atomic E-state index is -4.53. The van der Waals surface area contributed by atoms with Crippen LogP contribution in [0.1, 0.15) is 53.6 Å². The number of nitrogens with zero attached hydrogens (tertiary/aromatic N) is 3. The number of fused-ring (bicyclic) bond motifs is 1. The van der Waals surface area contributed by atoms with Gasteiger partial charge in [-0.15, -0.1) is 0 Å². The largest absolute Gasteiger partial charge is 0.478 e. The van der Waals surface area contributed by atoms with Crippen molar-refractivity contribution in [2.24, 2.45) is 0 Å². The van der Waals surface area contributed by atoms with Crippen LogP contribution in [0.3, 0.4) is 0 Å². The maximum Gasteiger partial charge on any atom is 0.416 e. The van der Waals surface area contributed by atoms with E-state index in [1.807, 2.05) is 0 Å². The van der Waals surface area contributed by atoms with Crippen molar-refractivity contribution in [3.63, 3.8) is 0 Å². The molecule has 0 bridgehead atoms. The number of carboxylic acid groups (broad SMARTS) is 1. The van der Waals surface area contributed by atoms with Crippen molar-refractivity contribution in [1.82, 2.24) is 14.8 Å². The fourth-order valence-corrected chi connectivity index (χ4v) is 6.00. The quantitative estimate of drug-likeness (QED) is 0.396. The van der Waals surface area contributed by atoms with Crippen LogP contribution in [0.4, 0.5) is 13.2 Å². The molecule has 3 heterocycles. The number of halogens is 4. The predicted octanol–water partition coefficient (Wildman–Crippen LogP) is 6.72. The maximum atomic E-state index is 13.5. The molecule has 37 heavy (non-hydrogen) atoms. The van der Waals surface area contributed by atoms with E-state index >= 15 is 0 Å². The third-order valence-corrected chi connectivity index (χ3v) is 7.90. The zero-order valence-corrected chi connectivity index (χ0v) is 21.2. The summed E-state index contributed by atoms with van der Waals surface area (Å²) in [5.41, 5.74) is 0.409. The summed E-state index contributed by atoms with van der Waals surface area (Å²) in [6.07, 6.45) is 1.16. The number of piperidine rings is 2. The van der Waals surface area contributed by atoms with Crippen molar-refractivity contribution in [3.05, 3.63) is 64.2 Å². The van der Waals surface area contributed by atoms with Crippen LogP contribution in [0.15, 0.2) is 42.5 Å². The second-order valence-electron chi connectivity index (χ2n) is 9.94. The summed E-state index contributed by atoms with van der Waals surface area (Å²) < 4.78 is 40.5. The molecular weight excluding hydrogens is 503 g/mol. The molecule has 0 radical (unpaired) electrons. The average molecular weight is 532 g/mol. The van der Waals surface area contributed by atoms with Crippen molar-refractivity contribution in [3.8, 4) is 11.3 Å². The number of hydrogen-bond donors (Lipinski definition) is 1. The Balaban J connectivity index is 1.55. The number of carboxylic acids is 1. The Labute approximate surface area is 218 Å². The summed E-state index contributed by atoms with van der Waals surface area (Å²) in [6, 6.07) is 10.3. The van der Waals surface area contributed by atoms with Gasteiger partial charge >= 0.3 is 12.1 Å². The smallest absolute Gasteiger partial charge is 0.416 e. The number of aromatic carboxylic acids is 1. The van der Waals surface area contributed by atoms with Crippen LogP contribution in [0.5, 0.6) is 0 Å². The molecule has 3 aromatic rings. The molecule has 5 nitrogen and oxygen atoms in total. The highest BCUT2D eigenvalue weighted by atomic mass is 35.5. The van der Waals surface area contributed by atoms with Gasteiger partial charge in [0.15, 0.2) is 0 Å². The Hall–Kier alpha value is -2.68. The third-order valence-electron chi connectivity index (χ3n) is 7.58. The molecule has 2 saturated heterocycles. The van der Waals surface area contributed by atoms with E-state index in [1.165, 1.54) is 25.3 Å². The molecule has 1 aromatic heterocycles. The lowest BCUT2D eigenvalue weighted by molar-refractivity contribution is -0.137. The van der Waals surface area contributed by atoms with Crippen molar-refractivity contribution in [2.45, 2.75) is 50.9 Å². The molecule has 5 rings (SSSR count). The fraction of sp³-hybridized carbons (Fsp3) is 0.429. The van der Waals surface area contributed by atoms with E-state index in [0.29, 0.717) is 22.5 Å². The normalized spacial score (nSPS) is 18.4. The van der Waals surface area contributed by atoms with Gasteiger partial charge in [0.1, 0.15) is 0 Å². The maximum absolute atomic E-state index is 13.5. The Bertz CT molecular complexity index is 1300. The number of rotatable bonds is 5. The SMILES string of the molecule is O=C(O)c1c(CN2CCC(N3CCCCC3)CC2)c(-c2cccc(C(F)(F)F)c2)nc2cccc(Cl)c12. The molecule has 2 aromatic carbocycles. The lowest BCUT2D eigenvalue weighted by Crippen LogP contribution is -2.46. The lowest BCUT2D eigenvalue weighted by atomic mass is 9.94. The predicted molar refractivity (Wildman–Crippen MR) is 138 cm³/mol. The van der Waals surface area contributed by atoms with Crippen LogP contribution in [0.2, 0.25) is 5.02 Å². The van der Waals surface area contributed by atoms with Gasteiger partial charge in [0, 0.05) is 29.1 Å². The van der Waals surface area contributed by atoms with E-state index in [2.05, 4.69) is 14.8 Å². The number of hydrogen-bond acceptors (Lipinski definition) is 4. The fourth-order valence-electron chi connectivity index (χ4n) is 5.73. The van der Waals surface area contributed by atoms with E-state index in [-0.39, 0.29) is 28.4 Å². The van der Waals surface area contributed by atoms with Crippen molar-refractivity contribution < 1.29 is 23.1 Å². The number of pyridine rings is 1. The molecule has 196 valence electrons. The van der Waals surface area contributed by atoms with Gasteiger partial charge in [-0.2, -0.15) is 13.2 Å².